The van der Waals surface area contributed by atoms with E-state index in [4.69, 9.17) is 12.2 Å². The molecule has 1 aliphatic heterocycles. The summed E-state index contributed by atoms with van der Waals surface area (Å²) in [6.45, 7) is 6.39. The molecule has 0 atom stereocenters. The molecular weight excluding hydrogens is 348 g/mol. The molecule has 2 heterocycles. The quantitative estimate of drug-likeness (QED) is 0.599. The monoisotopic (exact) mass is 370 g/mol. The zero-order valence-corrected chi connectivity index (χ0v) is 16.4. The normalized spacial score (nSPS) is 15.9. The first-order valence-corrected chi connectivity index (χ1v) is 9.75. The van der Waals surface area contributed by atoms with Crippen LogP contribution in [0.5, 0.6) is 0 Å². The fraction of sp³-hybridized carbons (Fsp3) is 0.300. The second-order valence-electron chi connectivity index (χ2n) is 6.28. The highest BCUT2D eigenvalue weighted by molar-refractivity contribution is 8.26. The van der Waals surface area contributed by atoms with Crippen LogP contribution in [-0.2, 0) is 11.2 Å². The summed E-state index contributed by atoms with van der Waals surface area (Å²) in [6, 6.07) is 10.9. The molecule has 0 aliphatic carbocycles. The maximum atomic E-state index is 11.9. The van der Waals surface area contributed by atoms with Gasteiger partial charge in [0.2, 0.25) is 0 Å². The van der Waals surface area contributed by atoms with Gasteiger partial charge in [-0.25, -0.2) is 0 Å². The van der Waals surface area contributed by atoms with Crippen molar-refractivity contribution in [2.45, 2.75) is 40.0 Å². The predicted octanol–water partition coefficient (Wildman–Crippen LogP) is 4.93. The summed E-state index contributed by atoms with van der Waals surface area (Å²) in [5.41, 5.74) is 5.85. The molecular formula is C20H22N2OS2. The minimum Gasteiger partial charge on any atom is -0.318 e. The van der Waals surface area contributed by atoms with E-state index >= 15 is 0 Å². The lowest BCUT2D eigenvalue weighted by Crippen LogP contribution is -2.17. The highest BCUT2D eigenvalue weighted by Crippen LogP contribution is 2.29. The Morgan fingerprint density at radius 2 is 1.96 bits per heavy atom. The molecule has 1 saturated heterocycles. The van der Waals surface area contributed by atoms with E-state index in [0.29, 0.717) is 9.23 Å². The Balaban J connectivity index is 1.91. The Hall–Kier alpha value is -1.85. The van der Waals surface area contributed by atoms with Crippen LogP contribution in [0, 0.1) is 13.8 Å². The third-order valence-electron chi connectivity index (χ3n) is 4.41. The molecule has 0 unspecified atom stereocenters. The average Bonchev–Trinajstić information content (AvgIpc) is 3.04. The number of hydrogen-bond acceptors (Lipinski definition) is 3. The number of aromatic nitrogens is 1. The molecule has 1 aromatic heterocycles. The molecule has 1 aromatic carbocycles. The summed E-state index contributed by atoms with van der Waals surface area (Å²) < 4.78 is 2.75. The molecule has 1 amide bonds. The SMILES string of the molecule is CCCCc1ccc(-n2c(C)cc(/C=C3/SC(=S)NC3=O)c2C)cc1. The van der Waals surface area contributed by atoms with Crippen molar-refractivity contribution in [2.75, 3.05) is 0 Å². The Labute approximate surface area is 158 Å². The molecule has 0 bridgehead atoms. The third-order valence-corrected chi connectivity index (χ3v) is 5.58. The van der Waals surface area contributed by atoms with E-state index in [-0.39, 0.29) is 5.91 Å². The Bertz CT molecular complexity index is 847. The summed E-state index contributed by atoms with van der Waals surface area (Å²) in [6.07, 6.45) is 5.49. The molecule has 25 heavy (non-hydrogen) atoms. The maximum absolute atomic E-state index is 11.9. The van der Waals surface area contributed by atoms with E-state index in [1.807, 2.05) is 6.08 Å². The lowest BCUT2D eigenvalue weighted by Gasteiger charge is -2.11. The number of carbonyl (C=O) groups excluding carboxylic acids is 1. The van der Waals surface area contributed by atoms with Gasteiger partial charge in [-0.2, -0.15) is 0 Å². The number of thioether (sulfide) groups is 1. The molecule has 1 fully saturated rings. The highest BCUT2D eigenvalue weighted by atomic mass is 32.2. The van der Waals surface area contributed by atoms with Crippen LogP contribution in [0.1, 0.15) is 42.3 Å². The fourth-order valence-electron chi connectivity index (χ4n) is 3.09. The van der Waals surface area contributed by atoms with Gasteiger partial charge in [-0.3, -0.25) is 4.79 Å². The van der Waals surface area contributed by atoms with Crippen LogP contribution >= 0.6 is 24.0 Å². The molecule has 3 nitrogen and oxygen atoms in total. The van der Waals surface area contributed by atoms with E-state index in [1.165, 1.54) is 30.2 Å². The van der Waals surface area contributed by atoms with Crippen molar-refractivity contribution in [3.05, 3.63) is 57.8 Å². The maximum Gasteiger partial charge on any atom is 0.263 e. The first kappa shape index (κ1) is 18.0. The Kier molecular flexibility index (Phi) is 5.45. The van der Waals surface area contributed by atoms with Gasteiger partial charge in [0.25, 0.3) is 5.91 Å². The number of carbonyl (C=O) groups is 1. The number of hydrogen-bond donors (Lipinski definition) is 1. The van der Waals surface area contributed by atoms with Gasteiger partial charge in [0, 0.05) is 17.1 Å². The van der Waals surface area contributed by atoms with Crippen molar-refractivity contribution >= 4 is 40.3 Å². The van der Waals surface area contributed by atoms with E-state index < -0.39 is 0 Å². The van der Waals surface area contributed by atoms with Gasteiger partial charge in [0.1, 0.15) is 4.32 Å². The van der Waals surface area contributed by atoms with Crippen LogP contribution < -0.4 is 5.32 Å². The molecule has 3 rings (SSSR count). The number of aryl methyl sites for hydroxylation is 2. The first-order valence-electron chi connectivity index (χ1n) is 8.52. The van der Waals surface area contributed by atoms with E-state index in [9.17, 15) is 4.79 Å². The van der Waals surface area contributed by atoms with E-state index in [2.05, 4.69) is 61.0 Å². The lowest BCUT2D eigenvalue weighted by atomic mass is 10.1. The molecule has 0 radical (unpaired) electrons. The number of amides is 1. The molecule has 2 aromatic rings. The average molecular weight is 371 g/mol. The second kappa shape index (κ2) is 7.58. The minimum absolute atomic E-state index is 0.111. The number of nitrogens with one attached hydrogen (secondary N) is 1. The van der Waals surface area contributed by atoms with E-state index in [0.717, 1.165) is 29.1 Å². The van der Waals surface area contributed by atoms with Crippen molar-refractivity contribution in [1.29, 1.82) is 0 Å². The minimum atomic E-state index is -0.111. The Morgan fingerprint density at radius 1 is 1.24 bits per heavy atom. The van der Waals surface area contributed by atoms with Crippen molar-refractivity contribution in [2.24, 2.45) is 0 Å². The predicted molar refractivity (Wildman–Crippen MR) is 110 cm³/mol. The van der Waals surface area contributed by atoms with Gasteiger partial charge in [-0.1, -0.05) is 49.5 Å². The third kappa shape index (κ3) is 3.88. The highest BCUT2D eigenvalue weighted by Gasteiger charge is 2.23. The van der Waals surface area contributed by atoms with Crippen LogP contribution in [0.4, 0.5) is 0 Å². The number of rotatable bonds is 5. The summed E-state index contributed by atoms with van der Waals surface area (Å²) in [5.74, 6) is -0.111. The number of thiocarbonyl (C=S) groups is 1. The summed E-state index contributed by atoms with van der Waals surface area (Å²) >= 11 is 6.38. The van der Waals surface area contributed by atoms with Crippen molar-refractivity contribution in [1.82, 2.24) is 9.88 Å². The Morgan fingerprint density at radius 3 is 2.56 bits per heavy atom. The van der Waals surface area contributed by atoms with Crippen LogP contribution in [0.2, 0.25) is 0 Å². The topological polar surface area (TPSA) is 34.0 Å². The molecule has 1 N–H and O–H groups in total. The second-order valence-corrected chi connectivity index (χ2v) is 8.00. The first-order chi connectivity index (χ1) is 12.0. The lowest BCUT2D eigenvalue weighted by molar-refractivity contribution is -0.115. The largest absolute Gasteiger partial charge is 0.318 e. The van der Waals surface area contributed by atoms with Crippen molar-refractivity contribution in [3.8, 4) is 5.69 Å². The molecule has 0 spiro atoms. The van der Waals surface area contributed by atoms with E-state index in [1.54, 1.807) is 0 Å². The standard InChI is InChI=1S/C20H22N2OS2/c1-4-5-6-15-7-9-17(10-8-15)22-13(2)11-16(14(22)3)12-18-19(23)21-20(24)25-18/h7-12H,4-6H2,1-3H3,(H,21,23,24)/b18-12+. The van der Waals surface area contributed by atoms with Crippen LogP contribution in [0.25, 0.3) is 11.8 Å². The summed E-state index contributed by atoms with van der Waals surface area (Å²) in [4.78, 5) is 12.5. The van der Waals surface area contributed by atoms with Gasteiger partial charge in [0.15, 0.2) is 0 Å². The van der Waals surface area contributed by atoms with Gasteiger partial charge in [-0.15, -0.1) is 0 Å². The number of benzene rings is 1. The van der Waals surface area contributed by atoms with Gasteiger partial charge < -0.3 is 9.88 Å². The zero-order valence-electron chi connectivity index (χ0n) is 14.8. The molecule has 130 valence electrons. The van der Waals surface area contributed by atoms with Gasteiger partial charge >= 0.3 is 0 Å². The van der Waals surface area contributed by atoms with Crippen molar-refractivity contribution in [3.63, 3.8) is 0 Å². The summed E-state index contributed by atoms with van der Waals surface area (Å²) in [5, 5.41) is 2.66. The smallest absolute Gasteiger partial charge is 0.263 e. The van der Waals surface area contributed by atoms with Gasteiger partial charge in [-0.05, 0) is 62.1 Å². The van der Waals surface area contributed by atoms with Crippen LogP contribution in [-0.4, -0.2) is 14.8 Å². The molecule has 1 aliphatic rings. The number of nitrogens with zero attached hydrogens (tertiary/aromatic N) is 1. The number of unbranched alkanes of at least 4 members (excludes halogenated alkanes) is 1. The molecule has 0 saturated carbocycles. The summed E-state index contributed by atoms with van der Waals surface area (Å²) in [7, 11) is 0. The van der Waals surface area contributed by atoms with Crippen LogP contribution in [0.3, 0.4) is 0 Å². The molecule has 5 heteroatoms. The van der Waals surface area contributed by atoms with Crippen molar-refractivity contribution < 1.29 is 4.79 Å². The van der Waals surface area contributed by atoms with Gasteiger partial charge in [0.05, 0.1) is 4.91 Å². The fourth-order valence-corrected chi connectivity index (χ4v) is 4.12. The zero-order chi connectivity index (χ0) is 18.0. The van der Waals surface area contributed by atoms with Crippen LogP contribution in [0.15, 0.2) is 35.2 Å².